The molecule has 8 aromatic rings. The van der Waals surface area contributed by atoms with Crippen LogP contribution in [0.25, 0.3) is 66.7 Å². The van der Waals surface area contributed by atoms with E-state index in [1.54, 1.807) is 0 Å². The van der Waals surface area contributed by atoms with E-state index in [0.717, 1.165) is 22.6 Å². The lowest BCUT2D eigenvalue weighted by Crippen LogP contribution is -2.14. The lowest BCUT2D eigenvalue weighted by atomic mass is 9.81. The van der Waals surface area contributed by atoms with E-state index in [4.69, 9.17) is 4.98 Å². The Morgan fingerprint density at radius 2 is 1.23 bits per heavy atom. The van der Waals surface area contributed by atoms with Crippen molar-refractivity contribution in [2.75, 3.05) is 0 Å². The van der Waals surface area contributed by atoms with Crippen molar-refractivity contribution in [3.05, 3.63) is 151 Å². The van der Waals surface area contributed by atoms with E-state index in [0.29, 0.717) is 0 Å². The second-order valence-electron chi connectivity index (χ2n) is 12.2. The van der Waals surface area contributed by atoms with E-state index in [9.17, 15) is 0 Å². The van der Waals surface area contributed by atoms with Crippen LogP contribution in [0.4, 0.5) is 0 Å². The third kappa shape index (κ3) is 3.52. The van der Waals surface area contributed by atoms with Gasteiger partial charge in [0.15, 0.2) is 0 Å². The van der Waals surface area contributed by atoms with Gasteiger partial charge in [0, 0.05) is 39.8 Å². The number of hydrogen-bond donors (Lipinski definition) is 0. The molecule has 1 aliphatic carbocycles. The fourth-order valence-electron chi connectivity index (χ4n) is 7.21. The largest absolute Gasteiger partial charge is 0.309 e. The molecule has 3 nitrogen and oxygen atoms in total. The Bertz CT molecular complexity index is 2300. The van der Waals surface area contributed by atoms with E-state index < -0.39 is 0 Å². The maximum absolute atomic E-state index is 5.03. The Kier molecular flexibility index (Phi) is 4.95. The first-order valence-electron chi connectivity index (χ1n) is 14.9. The molecule has 0 atom stereocenters. The van der Waals surface area contributed by atoms with Crippen LogP contribution in [0.2, 0.25) is 0 Å². The quantitative estimate of drug-likeness (QED) is 0.214. The van der Waals surface area contributed by atoms with E-state index in [1.807, 2.05) is 12.1 Å². The maximum Gasteiger partial charge on any atom is 0.137 e. The first-order valence-corrected chi connectivity index (χ1v) is 14.9. The van der Waals surface area contributed by atoms with Crippen molar-refractivity contribution in [3.63, 3.8) is 0 Å². The molecule has 0 bridgehead atoms. The van der Waals surface area contributed by atoms with Crippen LogP contribution >= 0.6 is 0 Å². The van der Waals surface area contributed by atoms with Gasteiger partial charge in [-0.1, -0.05) is 92.7 Å². The summed E-state index contributed by atoms with van der Waals surface area (Å²) >= 11 is 0. The lowest BCUT2D eigenvalue weighted by molar-refractivity contribution is 0.660. The molecule has 9 rings (SSSR count). The van der Waals surface area contributed by atoms with Crippen molar-refractivity contribution in [3.8, 4) is 39.2 Å². The standard InChI is InChI=1S/C40H29N3/c1-40(2)34-14-6-3-11-30(34)31-19-18-26(24-35(31)40)27-21-28(36-25-42-20-10-9-17-39(42)41-36)23-29(22-27)43-37-15-7-4-12-32(37)33-13-5-8-16-38(33)43/h3-25H,1-2H3. The molecule has 43 heavy (non-hydrogen) atoms. The van der Waals surface area contributed by atoms with Gasteiger partial charge in [-0.05, 0) is 81.9 Å². The zero-order valence-electron chi connectivity index (χ0n) is 24.1. The summed E-state index contributed by atoms with van der Waals surface area (Å²) in [6, 6.07) is 46.3. The lowest BCUT2D eigenvalue weighted by Gasteiger charge is -2.22. The summed E-state index contributed by atoms with van der Waals surface area (Å²) in [4.78, 5) is 5.03. The van der Waals surface area contributed by atoms with Crippen molar-refractivity contribution < 1.29 is 0 Å². The number of imidazole rings is 1. The topological polar surface area (TPSA) is 22.2 Å². The molecule has 0 spiro atoms. The van der Waals surface area contributed by atoms with Crippen LogP contribution in [-0.4, -0.2) is 14.0 Å². The number of nitrogens with zero attached hydrogens (tertiary/aromatic N) is 3. The van der Waals surface area contributed by atoms with Gasteiger partial charge < -0.3 is 8.97 Å². The summed E-state index contributed by atoms with van der Waals surface area (Å²) in [7, 11) is 0. The SMILES string of the molecule is CC1(C)c2ccccc2-c2ccc(-c3cc(-c4cn5ccccc5n4)cc(-n4c5ccccc5c5ccccc54)c3)cc21. The summed E-state index contributed by atoms with van der Waals surface area (Å²) in [5, 5.41) is 2.52. The monoisotopic (exact) mass is 551 g/mol. The average molecular weight is 552 g/mol. The summed E-state index contributed by atoms with van der Waals surface area (Å²) in [5.41, 5.74) is 14.3. The minimum absolute atomic E-state index is 0.0587. The van der Waals surface area contributed by atoms with Gasteiger partial charge in [-0.25, -0.2) is 4.98 Å². The second kappa shape index (κ2) is 8.80. The van der Waals surface area contributed by atoms with Crippen LogP contribution in [0.5, 0.6) is 0 Å². The number of fused-ring (bicyclic) bond motifs is 7. The zero-order valence-corrected chi connectivity index (χ0v) is 24.1. The van der Waals surface area contributed by atoms with Crippen LogP contribution < -0.4 is 0 Å². The molecule has 204 valence electrons. The van der Waals surface area contributed by atoms with Gasteiger partial charge in [-0.15, -0.1) is 0 Å². The highest BCUT2D eigenvalue weighted by Gasteiger charge is 2.35. The first kappa shape index (κ1) is 24.2. The Hall–Kier alpha value is -5.41. The molecule has 0 amide bonds. The zero-order chi connectivity index (χ0) is 28.7. The molecule has 0 saturated heterocycles. The minimum Gasteiger partial charge on any atom is -0.309 e. The molecule has 3 heterocycles. The summed E-state index contributed by atoms with van der Waals surface area (Å²) < 4.78 is 4.50. The van der Waals surface area contributed by atoms with Crippen LogP contribution in [0.15, 0.2) is 140 Å². The first-order chi connectivity index (χ1) is 21.1. The highest BCUT2D eigenvalue weighted by Crippen LogP contribution is 2.49. The molecule has 0 saturated carbocycles. The number of hydrogen-bond acceptors (Lipinski definition) is 1. The predicted octanol–water partition coefficient (Wildman–Crippen LogP) is 10.1. The van der Waals surface area contributed by atoms with Gasteiger partial charge in [0.2, 0.25) is 0 Å². The van der Waals surface area contributed by atoms with Crippen LogP contribution in [-0.2, 0) is 5.41 Å². The number of benzene rings is 5. The van der Waals surface area contributed by atoms with Crippen LogP contribution in [0.1, 0.15) is 25.0 Å². The molecule has 0 N–H and O–H groups in total. The molecule has 0 radical (unpaired) electrons. The summed E-state index contributed by atoms with van der Waals surface area (Å²) in [6.07, 6.45) is 4.19. The predicted molar refractivity (Wildman–Crippen MR) is 178 cm³/mol. The fraction of sp³-hybridized carbons (Fsp3) is 0.0750. The van der Waals surface area contributed by atoms with Gasteiger partial charge in [0.1, 0.15) is 5.65 Å². The molecule has 3 heteroatoms. The van der Waals surface area contributed by atoms with E-state index >= 15 is 0 Å². The number of rotatable bonds is 3. The number of aromatic nitrogens is 3. The molecule has 1 aliphatic rings. The third-order valence-electron chi connectivity index (χ3n) is 9.33. The molecular weight excluding hydrogens is 522 g/mol. The van der Waals surface area contributed by atoms with Gasteiger partial charge in [-0.3, -0.25) is 0 Å². The van der Waals surface area contributed by atoms with Crippen LogP contribution in [0.3, 0.4) is 0 Å². The van der Waals surface area contributed by atoms with Gasteiger partial charge in [0.25, 0.3) is 0 Å². The number of pyridine rings is 1. The second-order valence-corrected chi connectivity index (χ2v) is 12.2. The molecule has 0 aliphatic heterocycles. The van der Waals surface area contributed by atoms with Crippen molar-refractivity contribution in [2.45, 2.75) is 19.3 Å². The number of para-hydroxylation sites is 2. The maximum atomic E-state index is 5.03. The Labute approximate surface area is 250 Å². The minimum atomic E-state index is -0.0587. The summed E-state index contributed by atoms with van der Waals surface area (Å²) in [6.45, 7) is 4.69. The van der Waals surface area contributed by atoms with E-state index in [1.165, 1.54) is 55.2 Å². The van der Waals surface area contributed by atoms with Crippen molar-refractivity contribution in [2.24, 2.45) is 0 Å². The third-order valence-corrected chi connectivity index (χ3v) is 9.33. The van der Waals surface area contributed by atoms with Gasteiger partial charge in [0.05, 0.1) is 16.7 Å². The Morgan fingerprint density at radius 1 is 0.558 bits per heavy atom. The molecule has 0 unspecified atom stereocenters. The normalized spacial score (nSPS) is 13.5. The van der Waals surface area contributed by atoms with E-state index in [-0.39, 0.29) is 5.41 Å². The fourth-order valence-corrected chi connectivity index (χ4v) is 7.21. The summed E-state index contributed by atoms with van der Waals surface area (Å²) in [5.74, 6) is 0. The Morgan fingerprint density at radius 3 is 2.02 bits per heavy atom. The molecular formula is C40H29N3. The van der Waals surface area contributed by atoms with Crippen LogP contribution in [0, 0.1) is 0 Å². The smallest absolute Gasteiger partial charge is 0.137 e. The highest BCUT2D eigenvalue weighted by molar-refractivity contribution is 6.09. The molecule has 0 fully saturated rings. The Balaban J connectivity index is 1.31. The molecule has 3 aromatic heterocycles. The average Bonchev–Trinajstić information content (AvgIpc) is 3.70. The van der Waals surface area contributed by atoms with Crippen molar-refractivity contribution >= 4 is 27.5 Å². The molecule has 5 aromatic carbocycles. The van der Waals surface area contributed by atoms with Crippen molar-refractivity contribution in [1.82, 2.24) is 14.0 Å². The van der Waals surface area contributed by atoms with Gasteiger partial charge >= 0.3 is 0 Å². The van der Waals surface area contributed by atoms with Gasteiger partial charge in [-0.2, -0.15) is 0 Å². The highest BCUT2D eigenvalue weighted by atomic mass is 15.0. The van der Waals surface area contributed by atoms with E-state index in [2.05, 4.69) is 150 Å². The van der Waals surface area contributed by atoms with Crippen molar-refractivity contribution in [1.29, 1.82) is 0 Å².